The summed E-state index contributed by atoms with van der Waals surface area (Å²) in [6.07, 6.45) is 1.12. The van der Waals surface area contributed by atoms with Gasteiger partial charge in [0.1, 0.15) is 6.10 Å². The molecule has 2 unspecified atom stereocenters. The van der Waals surface area contributed by atoms with Crippen LogP contribution in [0.3, 0.4) is 0 Å². The van der Waals surface area contributed by atoms with Crippen molar-refractivity contribution in [3.63, 3.8) is 0 Å². The third kappa shape index (κ3) is 4.69. The third-order valence-electron chi connectivity index (χ3n) is 4.76. The molecular weight excluding hydrogens is 385 g/mol. The van der Waals surface area contributed by atoms with Gasteiger partial charge < -0.3 is 9.47 Å². The molecule has 150 valence electrons. The lowest BCUT2D eigenvalue weighted by Crippen LogP contribution is -2.47. The summed E-state index contributed by atoms with van der Waals surface area (Å²) in [6.45, 7) is 0.456. The van der Waals surface area contributed by atoms with E-state index >= 15 is 0 Å². The van der Waals surface area contributed by atoms with Gasteiger partial charge in [-0.3, -0.25) is 0 Å². The van der Waals surface area contributed by atoms with Crippen LogP contribution in [0.2, 0.25) is 0 Å². The molecule has 0 amide bonds. The minimum atomic E-state index is -3.44. The normalized spacial score (nSPS) is 20.5. The second-order valence-corrected chi connectivity index (χ2v) is 8.78. The second-order valence-electron chi connectivity index (χ2n) is 6.80. The van der Waals surface area contributed by atoms with Gasteiger partial charge in [0.25, 0.3) is 0 Å². The van der Waals surface area contributed by atoms with Crippen LogP contribution in [0, 0.1) is 5.82 Å². The molecule has 0 aliphatic carbocycles. The highest BCUT2D eigenvalue weighted by Crippen LogP contribution is 2.31. The van der Waals surface area contributed by atoms with Crippen molar-refractivity contribution in [3.05, 3.63) is 65.5 Å². The Kier molecular flexibility index (Phi) is 6.00. The van der Waals surface area contributed by atoms with E-state index in [-0.39, 0.29) is 23.8 Å². The average Bonchev–Trinajstić information content (AvgIpc) is 2.69. The number of carbonyl (C=O) groups excluding carboxylic acids is 1. The molecule has 0 spiro atoms. The van der Waals surface area contributed by atoms with Crippen LogP contribution < -0.4 is 4.74 Å². The fourth-order valence-electron chi connectivity index (χ4n) is 3.35. The molecule has 0 saturated carbocycles. The summed E-state index contributed by atoms with van der Waals surface area (Å²) in [4.78, 5) is 11.7. The summed E-state index contributed by atoms with van der Waals surface area (Å²) < 4.78 is 50.3. The molecule has 0 bridgehead atoms. The largest absolute Gasteiger partial charge is 0.486 e. The van der Waals surface area contributed by atoms with E-state index in [1.54, 1.807) is 0 Å². The minimum absolute atomic E-state index is 0.0819. The summed E-state index contributed by atoms with van der Waals surface area (Å²) in [5, 5.41) is 0. The SMILES string of the molecule is COC(=O)c1ccc(F)c(OC2CC(c3ccccc3)CN(S(C)(=O)=O)C2)c1. The predicted molar refractivity (Wildman–Crippen MR) is 102 cm³/mol. The first-order valence-corrected chi connectivity index (χ1v) is 10.7. The number of halogens is 1. The van der Waals surface area contributed by atoms with Crippen molar-refractivity contribution in [1.29, 1.82) is 0 Å². The monoisotopic (exact) mass is 407 g/mol. The van der Waals surface area contributed by atoms with Crippen LogP contribution in [-0.2, 0) is 14.8 Å². The number of hydrogen-bond acceptors (Lipinski definition) is 5. The van der Waals surface area contributed by atoms with Crippen LogP contribution in [0.25, 0.3) is 0 Å². The molecule has 1 saturated heterocycles. The molecule has 2 aromatic carbocycles. The lowest BCUT2D eigenvalue weighted by molar-refractivity contribution is 0.0599. The van der Waals surface area contributed by atoms with Gasteiger partial charge in [-0.25, -0.2) is 17.6 Å². The summed E-state index contributed by atoms with van der Waals surface area (Å²) in [7, 11) is -2.20. The Balaban J connectivity index is 1.87. The first-order valence-electron chi connectivity index (χ1n) is 8.82. The quantitative estimate of drug-likeness (QED) is 0.713. The van der Waals surface area contributed by atoms with Crippen LogP contribution in [0.15, 0.2) is 48.5 Å². The highest BCUT2D eigenvalue weighted by Gasteiger charge is 2.34. The van der Waals surface area contributed by atoms with Gasteiger partial charge in [0.15, 0.2) is 11.6 Å². The number of sulfonamides is 1. The van der Waals surface area contributed by atoms with Crippen molar-refractivity contribution in [1.82, 2.24) is 4.31 Å². The van der Waals surface area contributed by atoms with Gasteiger partial charge in [0, 0.05) is 12.5 Å². The molecule has 1 heterocycles. The van der Waals surface area contributed by atoms with Gasteiger partial charge in [-0.05, 0) is 30.2 Å². The maximum absolute atomic E-state index is 14.2. The molecule has 2 atom stereocenters. The molecule has 1 aliphatic heterocycles. The van der Waals surface area contributed by atoms with Crippen molar-refractivity contribution in [3.8, 4) is 5.75 Å². The van der Waals surface area contributed by atoms with E-state index in [1.807, 2.05) is 30.3 Å². The Morgan fingerprint density at radius 2 is 1.86 bits per heavy atom. The molecule has 1 aliphatic rings. The van der Waals surface area contributed by atoms with Crippen molar-refractivity contribution < 1.29 is 27.1 Å². The first kappa shape index (κ1) is 20.3. The van der Waals surface area contributed by atoms with Crippen LogP contribution in [0.4, 0.5) is 4.39 Å². The number of methoxy groups -OCH3 is 1. The predicted octanol–water partition coefficient (Wildman–Crippen LogP) is 2.81. The number of carbonyl (C=O) groups is 1. The maximum Gasteiger partial charge on any atom is 0.337 e. The summed E-state index contributed by atoms with van der Waals surface area (Å²) in [6, 6.07) is 13.3. The van der Waals surface area contributed by atoms with E-state index in [0.29, 0.717) is 13.0 Å². The smallest absolute Gasteiger partial charge is 0.337 e. The third-order valence-corrected chi connectivity index (χ3v) is 6.00. The van der Waals surface area contributed by atoms with Crippen molar-refractivity contribution in [2.75, 3.05) is 26.5 Å². The molecular formula is C20H22FNO5S. The molecule has 0 radical (unpaired) electrons. The number of esters is 1. The fourth-order valence-corrected chi connectivity index (χ4v) is 4.24. The molecule has 6 nitrogen and oxygen atoms in total. The van der Waals surface area contributed by atoms with Crippen molar-refractivity contribution >= 4 is 16.0 Å². The van der Waals surface area contributed by atoms with E-state index in [4.69, 9.17) is 4.74 Å². The zero-order valence-electron chi connectivity index (χ0n) is 15.7. The van der Waals surface area contributed by atoms with Crippen LogP contribution in [0.5, 0.6) is 5.75 Å². The van der Waals surface area contributed by atoms with Gasteiger partial charge in [-0.1, -0.05) is 30.3 Å². The molecule has 2 aromatic rings. The lowest BCUT2D eigenvalue weighted by Gasteiger charge is -2.36. The Labute approximate surface area is 163 Å². The number of benzene rings is 2. The lowest BCUT2D eigenvalue weighted by atomic mass is 9.90. The van der Waals surface area contributed by atoms with E-state index in [0.717, 1.165) is 17.9 Å². The zero-order chi connectivity index (χ0) is 20.3. The highest BCUT2D eigenvalue weighted by molar-refractivity contribution is 7.88. The molecule has 8 heteroatoms. The van der Waals surface area contributed by atoms with E-state index < -0.39 is 27.9 Å². The van der Waals surface area contributed by atoms with E-state index in [2.05, 4.69) is 4.74 Å². The first-order chi connectivity index (χ1) is 13.3. The van der Waals surface area contributed by atoms with E-state index in [9.17, 15) is 17.6 Å². The summed E-state index contributed by atoms with van der Waals surface area (Å²) >= 11 is 0. The fraction of sp³-hybridized carbons (Fsp3) is 0.350. The average molecular weight is 407 g/mol. The van der Waals surface area contributed by atoms with Gasteiger partial charge in [0.2, 0.25) is 10.0 Å². The van der Waals surface area contributed by atoms with Crippen LogP contribution >= 0.6 is 0 Å². The van der Waals surface area contributed by atoms with Gasteiger partial charge in [-0.15, -0.1) is 0 Å². The number of hydrogen-bond donors (Lipinski definition) is 0. The van der Waals surface area contributed by atoms with Crippen LogP contribution in [0.1, 0.15) is 28.3 Å². The number of rotatable bonds is 5. The van der Waals surface area contributed by atoms with Crippen molar-refractivity contribution in [2.24, 2.45) is 0 Å². The minimum Gasteiger partial charge on any atom is -0.486 e. The molecule has 28 heavy (non-hydrogen) atoms. The number of nitrogens with zero attached hydrogens (tertiary/aromatic N) is 1. The zero-order valence-corrected chi connectivity index (χ0v) is 16.5. The summed E-state index contributed by atoms with van der Waals surface area (Å²) in [5.41, 5.74) is 1.16. The molecule has 3 rings (SSSR count). The van der Waals surface area contributed by atoms with Gasteiger partial charge in [0.05, 0.1) is 25.5 Å². The Bertz CT molecular complexity index is 948. The molecule has 0 N–H and O–H groups in total. The van der Waals surface area contributed by atoms with E-state index in [1.165, 1.54) is 23.5 Å². The van der Waals surface area contributed by atoms with Gasteiger partial charge in [-0.2, -0.15) is 4.31 Å². The van der Waals surface area contributed by atoms with Crippen molar-refractivity contribution in [2.45, 2.75) is 18.4 Å². The Morgan fingerprint density at radius 3 is 2.50 bits per heavy atom. The Morgan fingerprint density at radius 1 is 1.14 bits per heavy atom. The highest BCUT2D eigenvalue weighted by atomic mass is 32.2. The van der Waals surface area contributed by atoms with Gasteiger partial charge >= 0.3 is 5.97 Å². The standard InChI is InChI=1S/C20H22FNO5S/c1-26-20(23)15-8-9-18(21)19(11-15)27-17-10-16(14-6-4-3-5-7-14)12-22(13-17)28(2,24)25/h3-9,11,16-17H,10,12-13H2,1-2H3. The summed E-state index contributed by atoms with van der Waals surface area (Å²) in [5.74, 6) is -1.41. The topological polar surface area (TPSA) is 72.9 Å². The second kappa shape index (κ2) is 8.28. The molecule has 0 aromatic heterocycles. The number of piperidine rings is 1. The maximum atomic E-state index is 14.2. The number of ether oxygens (including phenoxy) is 2. The van der Waals surface area contributed by atoms with Crippen LogP contribution in [-0.4, -0.2) is 51.3 Å². The molecule has 1 fully saturated rings. The Hall–Kier alpha value is -2.45.